The maximum atomic E-state index is 4.44. The van der Waals surface area contributed by atoms with Gasteiger partial charge in [0.15, 0.2) is 0 Å². The topological polar surface area (TPSA) is 24.9 Å². The molecule has 0 spiro atoms. The standard InChI is InChI=1S/C16H22N2S/c1-5-15-9-18-16(19-15)10-17-13(4)14-7-6-11(2)12(3)8-14/h6-9,13,17H,5,10H2,1-4H3. The molecule has 1 N–H and O–H groups in total. The second-order valence-corrected chi connectivity index (χ2v) is 6.22. The van der Waals surface area contributed by atoms with Gasteiger partial charge in [-0.25, -0.2) is 4.98 Å². The average Bonchev–Trinajstić information content (AvgIpc) is 2.87. The van der Waals surface area contributed by atoms with Gasteiger partial charge in [0.25, 0.3) is 0 Å². The van der Waals surface area contributed by atoms with Crippen LogP contribution >= 0.6 is 11.3 Å². The van der Waals surface area contributed by atoms with Gasteiger partial charge >= 0.3 is 0 Å². The normalized spacial score (nSPS) is 12.6. The lowest BCUT2D eigenvalue weighted by Crippen LogP contribution is -2.18. The van der Waals surface area contributed by atoms with Crippen molar-refractivity contribution in [2.75, 3.05) is 0 Å². The van der Waals surface area contributed by atoms with E-state index in [1.807, 2.05) is 6.20 Å². The fourth-order valence-corrected chi connectivity index (χ4v) is 2.80. The molecule has 19 heavy (non-hydrogen) atoms. The number of aromatic nitrogens is 1. The lowest BCUT2D eigenvalue weighted by atomic mass is 10.0. The Morgan fingerprint density at radius 3 is 2.68 bits per heavy atom. The number of nitrogens with zero attached hydrogens (tertiary/aromatic N) is 1. The Labute approximate surface area is 119 Å². The number of hydrogen-bond donors (Lipinski definition) is 1. The SMILES string of the molecule is CCc1cnc(CNC(C)c2ccc(C)c(C)c2)s1. The van der Waals surface area contributed by atoms with Gasteiger partial charge in [0.2, 0.25) is 0 Å². The summed E-state index contributed by atoms with van der Waals surface area (Å²) < 4.78 is 0. The van der Waals surface area contributed by atoms with Gasteiger partial charge in [0.1, 0.15) is 5.01 Å². The highest BCUT2D eigenvalue weighted by Crippen LogP contribution is 2.18. The molecular formula is C16H22N2S. The highest BCUT2D eigenvalue weighted by atomic mass is 32.1. The molecule has 0 amide bonds. The van der Waals surface area contributed by atoms with E-state index in [1.54, 1.807) is 11.3 Å². The zero-order valence-electron chi connectivity index (χ0n) is 12.2. The first-order valence-corrected chi connectivity index (χ1v) is 7.66. The highest BCUT2D eigenvalue weighted by Gasteiger charge is 2.07. The fourth-order valence-electron chi connectivity index (χ4n) is 1.99. The maximum Gasteiger partial charge on any atom is 0.107 e. The van der Waals surface area contributed by atoms with Gasteiger partial charge in [0, 0.05) is 23.7 Å². The molecule has 102 valence electrons. The second-order valence-electron chi connectivity index (χ2n) is 5.02. The van der Waals surface area contributed by atoms with Crippen molar-refractivity contribution in [2.24, 2.45) is 0 Å². The third kappa shape index (κ3) is 3.64. The van der Waals surface area contributed by atoms with Crippen LogP contribution < -0.4 is 5.32 Å². The van der Waals surface area contributed by atoms with Crippen molar-refractivity contribution in [2.45, 2.75) is 46.7 Å². The number of nitrogens with one attached hydrogen (secondary N) is 1. The second kappa shape index (κ2) is 6.31. The Kier molecular flexibility index (Phi) is 4.72. The third-order valence-corrected chi connectivity index (χ3v) is 4.68. The summed E-state index contributed by atoms with van der Waals surface area (Å²) in [5.41, 5.74) is 4.05. The van der Waals surface area contributed by atoms with Crippen molar-refractivity contribution in [3.05, 3.63) is 51.0 Å². The monoisotopic (exact) mass is 274 g/mol. The van der Waals surface area contributed by atoms with Gasteiger partial charge in [0.05, 0.1) is 0 Å². The van der Waals surface area contributed by atoms with Crippen LogP contribution in [0.25, 0.3) is 0 Å². The van der Waals surface area contributed by atoms with E-state index in [0.29, 0.717) is 6.04 Å². The molecular weight excluding hydrogens is 252 g/mol. The van der Waals surface area contributed by atoms with E-state index in [4.69, 9.17) is 0 Å². The molecule has 1 aromatic carbocycles. The molecule has 1 aromatic heterocycles. The van der Waals surface area contributed by atoms with E-state index in [2.05, 4.69) is 56.2 Å². The fraction of sp³-hybridized carbons (Fsp3) is 0.438. The molecule has 2 nitrogen and oxygen atoms in total. The molecule has 1 heterocycles. The van der Waals surface area contributed by atoms with Gasteiger partial charge in [-0.2, -0.15) is 0 Å². The van der Waals surface area contributed by atoms with Crippen LogP contribution in [0.3, 0.4) is 0 Å². The summed E-state index contributed by atoms with van der Waals surface area (Å²) in [5, 5.41) is 4.72. The van der Waals surface area contributed by atoms with Gasteiger partial charge in [-0.1, -0.05) is 25.1 Å². The first kappa shape index (κ1) is 14.2. The summed E-state index contributed by atoms with van der Waals surface area (Å²) >= 11 is 1.80. The Hall–Kier alpha value is -1.19. The molecule has 2 aromatic rings. The van der Waals surface area contributed by atoms with E-state index < -0.39 is 0 Å². The van der Waals surface area contributed by atoms with Crippen LogP contribution in [0.1, 0.15) is 46.5 Å². The molecule has 1 unspecified atom stereocenters. The molecule has 0 bridgehead atoms. The van der Waals surface area contributed by atoms with Crippen molar-refractivity contribution in [1.29, 1.82) is 0 Å². The summed E-state index contributed by atoms with van der Waals surface area (Å²) in [6.45, 7) is 9.54. The Bertz CT molecular complexity index is 545. The summed E-state index contributed by atoms with van der Waals surface area (Å²) in [7, 11) is 0. The van der Waals surface area contributed by atoms with Crippen LogP contribution in [0, 0.1) is 13.8 Å². The van der Waals surface area contributed by atoms with Crippen LogP contribution in [0.5, 0.6) is 0 Å². The van der Waals surface area contributed by atoms with Crippen LogP contribution in [-0.4, -0.2) is 4.98 Å². The van der Waals surface area contributed by atoms with Gasteiger partial charge < -0.3 is 5.32 Å². The summed E-state index contributed by atoms with van der Waals surface area (Å²) in [6, 6.07) is 7.03. The van der Waals surface area contributed by atoms with Crippen molar-refractivity contribution in [1.82, 2.24) is 10.3 Å². The lowest BCUT2D eigenvalue weighted by molar-refractivity contribution is 0.573. The molecule has 0 fully saturated rings. The smallest absolute Gasteiger partial charge is 0.107 e. The van der Waals surface area contributed by atoms with Crippen LogP contribution in [0.4, 0.5) is 0 Å². The van der Waals surface area contributed by atoms with E-state index in [0.717, 1.165) is 13.0 Å². The quantitative estimate of drug-likeness (QED) is 0.885. The number of rotatable bonds is 5. The number of hydrogen-bond acceptors (Lipinski definition) is 3. The third-order valence-electron chi connectivity index (χ3n) is 3.54. The van der Waals surface area contributed by atoms with E-state index in [-0.39, 0.29) is 0 Å². The summed E-state index contributed by atoms with van der Waals surface area (Å²) in [4.78, 5) is 5.80. The largest absolute Gasteiger partial charge is 0.304 e. The minimum Gasteiger partial charge on any atom is -0.304 e. The Balaban J connectivity index is 1.96. The highest BCUT2D eigenvalue weighted by molar-refractivity contribution is 7.11. The molecule has 2 rings (SSSR count). The van der Waals surface area contributed by atoms with Crippen molar-refractivity contribution >= 4 is 11.3 Å². The summed E-state index contributed by atoms with van der Waals surface area (Å²) in [6.07, 6.45) is 3.06. The molecule has 1 atom stereocenters. The number of benzene rings is 1. The van der Waals surface area contributed by atoms with Gasteiger partial charge in [-0.15, -0.1) is 11.3 Å². The number of aryl methyl sites for hydroxylation is 3. The molecule has 0 aliphatic carbocycles. The zero-order valence-corrected chi connectivity index (χ0v) is 13.0. The average molecular weight is 274 g/mol. The molecule has 0 saturated carbocycles. The van der Waals surface area contributed by atoms with Gasteiger partial charge in [-0.05, 0) is 43.9 Å². The van der Waals surface area contributed by atoms with E-state index in [9.17, 15) is 0 Å². The Morgan fingerprint density at radius 2 is 2.05 bits per heavy atom. The molecule has 0 radical (unpaired) electrons. The van der Waals surface area contributed by atoms with Crippen molar-refractivity contribution < 1.29 is 0 Å². The molecule has 0 saturated heterocycles. The molecule has 0 aliphatic rings. The predicted molar refractivity (Wildman–Crippen MR) is 82.7 cm³/mol. The summed E-state index contributed by atoms with van der Waals surface area (Å²) in [5.74, 6) is 0. The minimum absolute atomic E-state index is 0.355. The van der Waals surface area contributed by atoms with E-state index in [1.165, 1.54) is 26.6 Å². The van der Waals surface area contributed by atoms with Crippen LogP contribution in [-0.2, 0) is 13.0 Å². The molecule has 0 aliphatic heterocycles. The predicted octanol–water partition coefficient (Wildman–Crippen LogP) is 4.17. The van der Waals surface area contributed by atoms with Gasteiger partial charge in [-0.3, -0.25) is 0 Å². The first-order chi connectivity index (χ1) is 9.10. The van der Waals surface area contributed by atoms with Crippen molar-refractivity contribution in [3.8, 4) is 0 Å². The van der Waals surface area contributed by atoms with Crippen LogP contribution in [0.2, 0.25) is 0 Å². The zero-order chi connectivity index (χ0) is 13.8. The number of thiazole rings is 1. The minimum atomic E-state index is 0.355. The molecule has 3 heteroatoms. The van der Waals surface area contributed by atoms with Crippen LogP contribution in [0.15, 0.2) is 24.4 Å². The lowest BCUT2D eigenvalue weighted by Gasteiger charge is -2.14. The van der Waals surface area contributed by atoms with Crippen molar-refractivity contribution in [3.63, 3.8) is 0 Å². The Morgan fingerprint density at radius 1 is 1.26 bits per heavy atom. The first-order valence-electron chi connectivity index (χ1n) is 6.84. The van der Waals surface area contributed by atoms with E-state index >= 15 is 0 Å². The maximum absolute atomic E-state index is 4.44.